The average molecular weight is 369 g/mol. The molecule has 27 heavy (non-hydrogen) atoms. The molecule has 2 amide bonds. The van der Waals surface area contributed by atoms with Crippen molar-refractivity contribution in [1.82, 2.24) is 25.0 Å². The van der Waals surface area contributed by atoms with E-state index in [9.17, 15) is 9.59 Å². The first-order valence-electron chi connectivity index (χ1n) is 9.40. The van der Waals surface area contributed by atoms with Crippen molar-refractivity contribution in [2.24, 2.45) is 5.92 Å². The Morgan fingerprint density at radius 3 is 2.63 bits per heavy atom. The number of nitrogens with zero attached hydrogens (tertiary/aromatic N) is 4. The first-order chi connectivity index (χ1) is 12.8. The van der Waals surface area contributed by atoms with Crippen LogP contribution in [0.2, 0.25) is 0 Å². The van der Waals surface area contributed by atoms with Gasteiger partial charge in [-0.2, -0.15) is 5.10 Å². The summed E-state index contributed by atoms with van der Waals surface area (Å²) in [6.07, 6.45) is 0.596. The molecule has 0 radical (unpaired) electrons. The molecule has 0 saturated carbocycles. The molecule has 0 saturated heterocycles. The average Bonchev–Trinajstić information content (AvgIpc) is 2.99. The SMILES string of the molecule is Cc1nc2n(n1)CCN(C(=O)C(CC(C)C)NC(=O)c1ccccc1C)C2. The van der Waals surface area contributed by atoms with Gasteiger partial charge in [-0.3, -0.25) is 9.59 Å². The van der Waals surface area contributed by atoms with E-state index in [1.165, 1.54) is 0 Å². The van der Waals surface area contributed by atoms with Crippen LogP contribution in [0.15, 0.2) is 24.3 Å². The van der Waals surface area contributed by atoms with Gasteiger partial charge in [0, 0.05) is 12.1 Å². The van der Waals surface area contributed by atoms with E-state index in [2.05, 4.69) is 29.2 Å². The zero-order valence-electron chi connectivity index (χ0n) is 16.4. The molecule has 1 aliphatic heterocycles. The number of fused-ring (bicyclic) bond motifs is 1. The highest BCUT2D eigenvalue weighted by Gasteiger charge is 2.30. The molecule has 1 aliphatic rings. The van der Waals surface area contributed by atoms with Gasteiger partial charge in [0.05, 0.1) is 13.1 Å². The highest BCUT2D eigenvalue weighted by atomic mass is 16.2. The van der Waals surface area contributed by atoms with Crippen molar-refractivity contribution in [3.63, 3.8) is 0 Å². The fourth-order valence-electron chi connectivity index (χ4n) is 3.43. The third-order valence-electron chi connectivity index (χ3n) is 4.78. The van der Waals surface area contributed by atoms with Crippen molar-refractivity contribution < 1.29 is 9.59 Å². The van der Waals surface area contributed by atoms with Gasteiger partial charge in [-0.1, -0.05) is 32.0 Å². The summed E-state index contributed by atoms with van der Waals surface area (Å²) in [5.41, 5.74) is 1.50. The predicted molar refractivity (Wildman–Crippen MR) is 102 cm³/mol. The van der Waals surface area contributed by atoms with E-state index in [-0.39, 0.29) is 17.7 Å². The van der Waals surface area contributed by atoms with E-state index in [4.69, 9.17) is 0 Å². The van der Waals surface area contributed by atoms with Crippen LogP contribution in [0.1, 0.15) is 47.8 Å². The minimum absolute atomic E-state index is 0.0578. The highest BCUT2D eigenvalue weighted by Crippen LogP contribution is 2.16. The van der Waals surface area contributed by atoms with E-state index in [1.807, 2.05) is 36.7 Å². The number of amides is 2. The van der Waals surface area contributed by atoms with Gasteiger partial charge in [0.1, 0.15) is 17.7 Å². The molecule has 0 aliphatic carbocycles. The van der Waals surface area contributed by atoms with Crippen molar-refractivity contribution in [3.8, 4) is 0 Å². The summed E-state index contributed by atoms with van der Waals surface area (Å²) in [5, 5.41) is 7.29. The number of nitrogens with one attached hydrogen (secondary N) is 1. The molecule has 1 unspecified atom stereocenters. The molecule has 2 heterocycles. The minimum atomic E-state index is -0.548. The largest absolute Gasteiger partial charge is 0.340 e. The number of aromatic nitrogens is 3. The number of carbonyl (C=O) groups excluding carboxylic acids is 2. The van der Waals surface area contributed by atoms with Gasteiger partial charge in [-0.25, -0.2) is 9.67 Å². The second-order valence-corrected chi connectivity index (χ2v) is 7.53. The minimum Gasteiger partial charge on any atom is -0.340 e. The maximum absolute atomic E-state index is 13.2. The molecule has 7 heteroatoms. The third kappa shape index (κ3) is 4.35. The van der Waals surface area contributed by atoms with Crippen LogP contribution in [0.25, 0.3) is 0 Å². The van der Waals surface area contributed by atoms with E-state index in [0.29, 0.717) is 37.4 Å². The lowest BCUT2D eigenvalue weighted by molar-refractivity contribution is -0.135. The lowest BCUT2D eigenvalue weighted by Crippen LogP contribution is -2.51. The van der Waals surface area contributed by atoms with E-state index >= 15 is 0 Å². The van der Waals surface area contributed by atoms with Crippen LogP contribution in [-0.4, -0.2) is 44.1 Å². The Labute approximate surface area is 159 Å². The number of hydrogen-bond donors (Lipinski definition) is 1. The Morgan fingerprint density at radius 1 is 1.19 bits per heavy atom. The molecule has 1 aromatic heterocycles. The van der Waals surface area contributed by atoms with Crippen LogP contribution in [0.3, 0.4) is 0 Å². The van der Waals surface area contributed by atoms with E-state index in [0.717, 1.165) is 11.4 Å². The van der Waals surface area contributed by atoms with Crippen molar-refractivity contribution in [2.75, 3.05) is 6.54 Å². The summed E-state index contributed by atoms with van der Waals surface area (Å²) in [6, 6.07) is 6.87. The summed E-state index contributed by atoms with van der Waals surface area (Å²) in [4.78, 5) is 32.1. The topological polar surface area (TPSA) is 80.1 Å². The van der Waals surface area contributed by atoms with Crippen LogP contribution < -0.4 is 5.32 Å². The number of hydrogen-bond acceptors (Lipinski definition) is 4. The summed E-state index contributed by atoms with van der Waals surface area (Å²) >= 11 is 0. The molecule has 0 fully saturated rings. The summed E-state index contributed by atoms with van der Waals surface area (Å²) in [7, 11) is 0. The molecule has 7 nitrogen and oxygen atoms in total. The Kier molecular flexibility index (Phi) is 5.58. The molecule has 3 rings (SSSR count). The van der Waals surface area contributed by atoms with Gasteiger partial charge in [-0.15, -0.1) is 0 Å². The van der Waals surface area contributed by atoms with Crippen molar-refractivity contribution in [3.05, 3.63) is 47.0 Å². The van der Waals surface area contributed by atoms with Gasteiger partial charge in [0.2, 0.25) is 5.91 Å². The number of aryl methyl sites for hydroxylation is 2. The highest BCUT2D eigenvalue weighted by molar-refractivity contribution is 5.98. The lowest BCUT2D eigenvalue weighted by atomic mass is 10.0. The predicted octanol–water partition coefficient (Wildman–Crippen LogP) is 2.08. The van der Waals surface area contributed by atoms with Gasteiger partial charge in [0.25, 0.3) is 5.91 Å². The second-order valence-electron chi connectivity index (χ2n) is 7.53. The fraction of sp³-hybridized carbons (Fsp3) is 0.500. The molecule has 144 valence electrons. The lowest BCUT2D eigenvalue weighted by Gasteiger charge is -2.31. The molecule has 1 atom stereocenters. The normalized spacial score (nSPS) is 14.8. The molecule has 1 N–H and O–H groups in total. The standard InChI is InChI=1S/C20H27N5O2/c1-13(2)11-17(22-19(26)16-8-6-5-7-14(16)3)20(27)24-9-10-25-18(12-24)21-15(4)23-25/h5-8,13,17H,9-12H2,1-4H3,(H,22,26). The molecule has 1 aromatic carbocycles. The quantitative estimate of drug-likeness (QED) is 0.875. The van der Waals surface area contributed by atoms with Crippen LogP contribution >= 0.6 is 0 Å². The van der Waals surface area contributed by atoms with E-state index < -0.39 is 6.04 Å². The Bertz CT molecular complexity index is 843. The maximum Gasteiger partial charge on any atom is 0.252 e. The summed E-state index contributed by atoms with van der Waals surface area (Å²) < 4.78 is 1.85. The molecular weight excluding hydrogens is 342 g/mol. The molecular formula is C20H27N5O2. The van der Waals surface area contributed by atoms with Crippen LogP contribution in [-0.2, 0) is 17.9 Å². The Morgan fingerprint density at radius 2 is 1.93 bits per heavy atom. The number of carbonyl (C=O) groups is 2. The van der Waals surface area contributed by atoms with Gasteiger partial charge in [-0.05, 0) is 37.8 Å². The smallest absolute Gasteiger partial charge is 0.252 e. The Hall–Kier alpha value is -2.70. The summed E-state index contributed by atoms with van der Waals surface area (Å²) in [5.74, 6) is 1.53. The van der Waals surface area contributed by atoms with Crippen molar-refractivity contribution in [1.29, 1.82) is 0 Å². The maximum atomic E-state index is 13.2. The summed E-state index contributed by atoms with van der Waals surface area (Å²) in [6.45, 7) is 9.47. The monoisotopic (exact) mass is 369 g/mol. The molecule has 0 spiro atoms. The third-order valence-corrected chi connectivity index (χ3v) is 4.78. The molecule has 2 aromatic rings. The second kappa shape index (κ2) is 7.90. The van der Waals surface area contributed by atoms with Crippen molar-refractivity contribution in [2.45, 2.75) is 53.2 Å². The van der Waals surface area contributed by atoms with Gasteiger partial charge >= 0.3 is 0 Å². The van der Waals surface area contributed by atoms with Crippen LogP contribution in [0, 0.1) is 19.8 Å². The van der Waals surface area contributed by atoms with Crippen LogP contribution in [0.4, 0.5) is 0 Å². The van der Waals surface area contributed by atoms with E-state index in [1.54, 1.807) is 11.0 Å². The van der Waals surface area contributed by atoms with Crippen LogP contribution in [0.5, 0.6) is 0 Å². The van der Waals surface area contributed by atoms with Gasteiger partial charge < -0.3 is 10.2 Å². The Balaban J connectivity index is 1.75. The van der Waals surface area contributed by atoms with Crippen molar-refractivity contribution >= 4 is 11.8 Å². The fourth-order valence-corrected chi connectivity index (χ4v) is 3.43. The number of rotatable bonds is 5. The zero-order chi connectivity index (χ0) is 19.6. The zero-order valence-corrected chi connectivity index (χ0v) is 16.4. The first-order valence-corrected chi connectivity index (χ1v) is 9.40. The van der Waals surface area contributed by atoms with Gasteiger partial charge in [0.15, 0.2) is 0 Å². The molecule has 0 bridgehead atoms. The number of benzene rings is 1. The first kappa shape index (κ1) is 19.1.